The van der Waals surface area contributed by atoms with Crippen LogP contribution in [0.3, 0.4) is 0 Å². The molecule has 1 saturated heterocycles. The van der Waals surface area contributed by atoms with Crippen LogP contribution in [0.2, 0.25) is 0 Å². The summed E-state index contributed by atoms with van der Waals surface area (Å²) in [5.41, 5.74) is 7.39. The number of benzene rings is 1. The van der Waals surface area contributed by atoms with Gasteiger partial charge in [0.2, 0.25) is 10.0 Å². The van der Waals surface area contributed by atoms with Crippen molar-refractivity contribution in [2.24, 2.45) is 5.73 Å². The molecule has 118 valence electrons. The molecule has 1 aliphatic heterocycles. The lowest BCUT2D eigenvalue weighted by Crippen LogP contribution is -2.48. The zero-order valence-corrected chi connectivity index (χ0v) is 14.9. The Kier molecular flexibility index (Phi) is 5.43. The summed E-state index contributed by atoms with van der Waals surface area (Å²) in [6.45, 7) is 7.90. The number of nitrogens with zero attached hydrogens (tertiary/aromatic N) is 2. The molecular formula is C14H22BrN3O2S. The van der Waals surface area contributed by atoms with Gasteiger partial charge in [-0.05, 0) is 46.6 Å². The van der Waals surface area contributed by atoms with Crippen LogP contribution >= 0.6 is 15.9 Å². The SMILES string of the molecule is CCN1CCN(S(=O)(=O)c2cc(CN)cc(C)c2Br)CC1. The summed E-state index contributed by atoms with van der Waals surface area (Å²) >= 11 is 3.41. The third kappa shape index (κ3) is 3.48. The fourth-order valence-electron chi connectivity index (χ4n) is 2.54. The summed E-state index contributed by atoms with van der Waals surface area (Å²) in [5, 5.41) is 0. The minimum atomic E-state index is -3.48. The summed E-state index contributed by atoms with van der Waals surface area (Å²) in [6, 6.07) is 3.59. The minimum Gasteiger partial charge on any atom is -0.326 e. The highest BCUT2D eigenvalue weighted by Gasteiger charge is 2.30. The molecule has 2 N–H and O–H groups in total. The summed E-state index contributed by atoms with van der Waals surface area (Å²) < 4.78 is 27.9. The van der Waals surface area contributed by atoms with Gasteiger partial charge in [-0.25, -0.2) is 8.42 Å². The number of hydrogen-bond acceptors (Lipinski definition) is 4. The van der Waals surface area contributed by atoms with Gasteiger partial charge >= 0.3 is 0 Å². The number of piperazine rings is 1. The lowest BCUT2D eigenvalue weighted by atomic mass is 10.1. The maximum Gasteiger partial charge on any atom is 0.244 e. The van der Waals surface area contributed by atoms with Crippen molar-refractivity contribution in [1.29, 1.82) is 0 Å². The molecule has 1 aromatic carbocycles. The Morgan fingerprint density at radius 1 is 1.24 bits per heavy atom. The van der Waals surface area contributed by atoms with Crippen molar-refractivity contribution in [1.82, 2.24) is 9.21 Å². The third-order valence-corrected chi connectivity index (χ3v) is 7.15. The molecule has 1 fully saturated rings. The number of rotatable bonds is 4. The van der Waals surface area contributed by atoms with Crippen molar-refractivity contribution in [2.75, 3.05) is 32.7 Å². The Morgan fingerprint density at radius 3 is 2.38 bits per heavy atom. The zero-order valence-electron chi connectivity index (χ0n) is 12.5. The molecule has 0 unspecified atom stereocenters. The van der Waals surface area contributed by atoms with Crippen LogP contribution in [0.15, 0.2) is 21.5 Å². The van der Waals surface area contributed by atoms with Crippen LogP contribution in [0.1, 0.15) is 18.1 Å². The minimum absolute atomic E-state index is 0.327. The first-order chi connectivity index (χ1) is 9.90. The maximum absolute atomic E-state index is 12.9. The van der Waals surface area contributed by atoms with Crippen LogP contribution < -0.4 is 5.73 Å². The summed E-state index contributed by atoms with van der Waals surface area (Å²) in [6.07, 6.45) is 0. The third-order valence-electron chi connectivity index (χ3n) is 3.91. The van der Waals surface area contributed by atoms with Gasteiger partial charge in [-0.15, -0.1) is 0 Å². The average Bonchev–Trinajstić information content (AvgIpc) is 2.49. The van der Waals surface area contributed by atoms with Crippen molar-refractivity contribution < 1.29 is 8.42 Å². The van der Waals surface area contributed by atoms with Gasteiger partial charge in [-0.1, -0.05) is 13.0 Å². The van der Waals surface area contributed by atoms with Crippen molar-refractivity contribution >= 4 is 26.0 Å². The largest absolute Gasteiger partial charge is 0.326 e. The highest BCUT2D eigenvalue weighted by molar-refractivity contribution is 9.10. The molecule has 0 radical (unpaired) electrons. The Labute approximate surface area is 135 Å². The quantitative estimate of drug-likeness (QED) is 0.866. The van der Waals surface area contributed by atoms with Gasteiger partial charge < -0.3 is 10.6 Å². The molecule has 0 spiro atoms. The van der Waals surface area contributed by atoms with E-state index in [-0.39, 0.29) is 0 Å². The van der Waals surface area contributed by atoms with Crippen molar-refractivity contribution in [3.8, 4) is 0 Å². The second-order valence-corrected chi connectivity index (χ2v) is 7.97. The van der Waals surface area contributed by atoms with Gasteiger partial charge in [0.25, 0.3) is 0 Å². The molecule has 5 nitrogen and oxygen atoms in total. The number of nitrogens with two attached hydrogens (primary N) is 1. The van der Waals surface area contributed by atoms with Crippen molar-refractivity contribution in [3.63, 3.8) is 0 Å². The van der Waals surface area contributed by atoms with Crippen LogP contribution in [-0.4, -0.2) is 50.3 Å². The molecule has 0 amide bonds. The normalized spacial score (nSPS) is 18.1. The van der Waals surface area contributed by atoms with Gasteiger partial charge in [-0.3, -0.25) is 0 Å². The maximum atomic E-state index is 12.9. The van der Waals surface area contributed by atoms with E-state index in [4.69, 9.17) is 5.73 Å². The van der Waals surface area contributed by atoms with E-state index in [9.17, 15) is 8.42 Å². The van der Waals surface area contributed by atoms with Gasteiger partial charge in [-0.2, -0.15) is 4.31 Å². The summed E-state index contributed by atoms with van der Waals surface area (Å²) in [4.78, 5) is 2.58. The summed E-state index contributed by atoms with van der Waals surface area (Å²) in [5.74, 6) is 0. The number of aryl methyl sites for hydroxylation is 1. The van der Waals surface area contributed by atoms with Crippen LogP contribution in [0.4, 0.5) is 0 Å². The molecule has 0 bridgehead atoms. The highest BCUT2D eigenvalue weighted by atomic mass is 79.9. The second kappa shape index (κ2) is 6.75. The zero-order chi connectivity index (χ0) is 15.6. The second-order valence-electron chi connectivity index (χ2n) is 5.27. The van der Waals surface area contributed by atoms with Crippen LogP contribution in [0.25, 0.3) is 0 Å². The molecule has 0 aliphatic carbocycles. The van der Waals surface area contributed by atoms with Crippen LogP contribution in [-0.2, 0) is 16.6 Å². The first-order valence-electron chi connectivity index (χ1n) is 7.11. The molecule has 0 aromatic heterocycles. The molecule has 21 heavy (non-hydrogen) atoms. The Hall–Kier alpha value is -0.470. The smallest absolute Gasteiger partial charge is 0.244 e. The molecule has 1 heterocycles. The topological polar surface area (TPSA) is 66.6 Å². The van der Waals surface area contributed by atoms with E-state index < -0.39 is 10.0 Å². The number of sulfonamides is 1. The number of hydrogen-bond donors (Lipinski definition) is 1. The first-order valence-corrected chi connectivity index (χ1v) is 9.35. The predicted molar refractivity (Wildman–Crippen MR) is 87.6 cm³/mol. The van der Waals surface area contributed by atoms with Gasteiger partial charge in [0.05, 0.1) is 4.90 Å². The highest BCUT2D eigenvalue weighted by Crippen LogP contribution is 2.30. The van der Waals surface area contributed by atoms with E-state index in [0.29, 0.717) is 29.0 Å². The van der Waals surface area contributed by atoms with Crippen LogP contribution in [0, 0.1) is 6.92 Å². The fourth-order valence-corrected chi connectivity index (χ4v) is 4.99. The Morgan fingerprint density at radius 2 is 1.86 bits per heavy atom. The first kappa shape index (κ1) is 16.9. The Bertz CT molecular complexity index is 611. The molecule has 1 aliphatic rings. The lowest BCUT2D eigenvalue weighted by Gasteiger charge is -2.33. The number of likely N-dealkylation sites (N-methyl/N-ethyl adjacent to an activating group) is 1. The van der Waals surface area contributed by atoms with E-state index in [1.807, 2.05) is 13.0 Å². The molecule has 2 rings (SSSR count). The van der Waals surface area contributed by atoms with E-state index >= 15 is 0 Å². The van der Waals surface area contributed by atoms with E-state index in [1.54, 1.807) is 10.4 Å². The predicted octanol–water partition coefficient (Wildman–Crippen LogP) is 1.54. The molecule has 0 saturated carbocycles. The number of halogens is 1. The molecular weight excluding hydrogens is 354 g/mol. The fraction of sp³-hybridized carbons (Fsp3) is 0.571. The van der Waals surface area contributed by atoms with E-state index in [0.717, 1.165) is 30.8 Å². The van der Waals surface area contributed by atoms with Gasteiger partial charge in [0, 0.05) is 37.2 Å². The Balaban J connectivity index is 2.34. The van der Waals surface area contributed by atoms with Crippen molar-refractivity contribution in [3.05, 3.63) is 27.7 Å². The molecule has 1 aromatic rings. The average molecular weight is 376 g/mol. The van der Waals surface area contributed by atoms with E-state index in [1.165, 1.54) is 0 Å². The molecule has 7 heteroatoms. The molecule has 0 atom stereocenters. The van der Waals surface area contributed by atoms with E-state index in [2.05, 4.69) is 27.8 Å². The van der Waals surface area contributed by atoms with Crippen LogP contribution in [0.5, 0.6) is 0 Å². The monoisotopic (exact) mass is 375 g/mol. The standard InChI is InChI=1S/C14H22BrN3O2S/c1-3-17-4-6-18(7-5-17)21(19,20)13-9-12(10-16)8-11(2)14(13)15/h8-9H,3-7,10,16H2,1-2H3. The summed E-state index contributed by atoms with van der Waals surface area (Å²) in [7, 11) is -3.48. The lowest BCUT2D eigenvalue weighted by molar-refractivity contribution is 0.196. The van der Waals surface area contributed by atoms with Gasteiger partial charge in [0.1, 0.15) is 0 Å². The van der Waals surface area contributed by atoms with Gasteiger partial charge in [0.15, 0.2) is 0 Å². The van der Waals surface area contributed by atoms with Crippen molar-refractivity contribution in [2.45, 2.75) is 25.3 Å².